The van der Waals surface area contributed by atoms with Crippen LogP contribution in [-0.2, 0) is 0 Å². The summed E-state index contributed by atoms with van der Waals surface area (Å²) in [6.45, 7) is 4.12. The Morgan fingerprint density at radius 3 is 2.41 bits per heavy atom. The molecule has 0 aliphatic heterocycles. The summed E-state index contributed by atoms with van der Waals surface area (Å²) < 4.78 is 5.66. The van der Waals surface area contributed by atoms with Crippen LogP contribution in [-0.4, -0.2) is 19.2 Å². The third-order valence-corrected chi connectivity index (χ3v) is 3.56. The Kier molecular flexibility index (Phi) is 4.06. The highest BCUT2D eigenvalue weighted by molar-refractivity contribution is 5.30. The molecule has 0 bridgehead atoms. The minimum atomic E-state index is 0.251. The first kappa shape index (κ1) is 12.4. The molecule has 2 unspecified atom stereocenters. The molecule has 2 heteroatoms. The average Bonchev–Trinajstić information content (AvgIpc) is 2.78. The lowest BCUT2D eigenvalue weighted by Gasteiger charge is -2.13. The van der Waals surface area contributed by atoms with E-state index in [0.717, 1.165) is 11.7 Å². The lowest BCUT2D eigenvalue weighted by Crippen LogP contribution is -2.21. The summed E-state index contributed by atoms with van der Waals surface area (Å²) in [6, 6.07) is 9.34. The van der Waals surface area contributed by atoms with Gasteiger partial charge in [-0.05, 0) is 63.8 Å². The quantitative estimate of drug-likeness (QED) is 0.861. The van der Waals surface area contributed by atoms with Crippen LogP contribution in [0.2, 0.25) is 0 Å². The zero-order valence-electron chi connectivity index (χ0n) is 11.1. The van der Waals surface area contributed by atoms with E-state index in [1.165, 1.54) is 24.8 Å². The number of rotatable bonds is 4. The van der Waals surface area contributed by atoms with Crippen molar-refractivity contribution in [3.05, 3.63) is 29.8 Å². The highest BCUT2D eigenvalue weighted by Crippen LogP contribution is 2.34. The summed E-state index contributed by atoms with van der Waals surface area (Å²) in [4.78, 5) is 0. The van der Waals surface area contributed by atoms with E-state index in [-0.39, 0.29) is 6.10 Å². The van der Waals surface area contributed by atoms with Gasteiger partial charge in [0.05, 0.1) is 6.10 Å². The Labute approximate surface area is 104 Å². The monoisotopic (exact) mass is 233 g/mol. The van der Waals surface area contributed by atoms with Crippen molar-refractivity contribution in [2.45, 2.75) is 51.2 Å². The molecule has 0 amide bonds. The van der Waals surface area contributed by atoms with Crippen LogP contribution in [0.15, 0.2) is 24.3 Å². The van der Waals surface area contributed by atoms with E-state index in [2.05, 4.69) is 50.5 Å². The van der Waals surface area contributed by atoms with Crippen molar-refractivity contribution >= 4 is 0 Å². The Bertz CT molecular complexity index is 344. The molecule has 2 nitrogen and oxygen atoms in total. The third kappa shape index (κ3) is 3.22. The first-order valence-electron chi connectivity index (χ1n) is 6.63. The second-order valence-corrected chi connectivity index (χ2v) is 5.23. The van der Waals surface area contributed by atoms with Gasteiger partial charge in [-0.1, -0.05) is 12.1 Å². The van der Waals surface area contributed by atoms with Crippen LogP contribution in [0.5, 0.6) is 5.75 Å². The van der Waals surface area contributed by atoms with Gasteiger partial charge < -0.3 is 10.1 Å². The molecule has 1 aromatic carbocycles. The van der Waals surface area contributed by atoms with E-state index in [4.69, 9.17) is 4.74 Å². The maximum Gasteiger partial charge on any atom is 0.119 e. The highest BCUT2D eigenvalue weighted by atomic mass is 16.5. The molecule has 1 aromatic rings. The third-order valence-electron chi connectivity index (χ3n) is 3.56. The van der Waals surface area contributed by atoms with Gasteiger partial charge in [-0.3, -0.25) is 0 Å². The highest BCUT2D eigenvalue weighted by Gasteiger charge is 2.24. The first-order valence-corrected chi connectivity index (χ1v) is 6.63. The molecule has 0 radical (unpaired) electrons. The molecular weight excluding hydrogens is 210 g/mol. The molecule has 17 heavy (non-hydrogen) atoms. The molecule has 0 heterocycles. The fraction of sp³-hybridized carbons (Fsp3) is 0.600. The van der Waals surface area contributed by atoms with Crippen LogP contribution in [0.1, 0.15) is 44.6 Å². The van der Waals surface area contributed by atoms with Crippen molar-refractivity contribution in [3.63, 3.8) is 0 Å². The average molecular weight is 233 g/mol. The molecule has 1 aliphatic carbocycles. The van der Waals surface area contributed by atoms with Gasteiger partial charge in [0.2, 0.25) is 0 Å². The summed E-state index contributed by atoms with van der Waals surface area (Å²) in [7, 11) is 2.06. The minimum Gasteiger partial charge on any atom is -0.491 e. The molecule has 0 spiro atoms. The summed E-state index contributed by atoms with van der Waals surface area (Å²) in [5.41, 5.74) is 1.46. The number of hydrogen-bond donors (Lipinski definition) is 1. The second-order valence-electron chi connectivity index (χ2n) is 5.23. The standard InChI is InChI=1S/C15H23NO/c1-11(2)17-15-8-5-12(6-9-15)13-4-7-14(10-13)16-3/h5-6,8-9,11,13-14,16H,4,7,10H2,1-3H3. The number of nitrogens with one attached hydrogen (secondary N) is 1. The molecule has 0 aromatic heterocycles. The van der Waals surface area contributed by atoms with E-state index in [0.29, 0.717) is 6.04 Å². The normalized spacial score (nSPS) is 24.2. The van der Waals surface area contributed by atoms with Crippen LogP contribution in [0.3, 0.4) is 0 Å². The predicted octanol–water partition coefficient (Wildman–Crippen LogP) is 3.33. The summed E-state index contributed by atoms with van der Waals surface area (Å²) in [6.07, 6.45) is 4.11. The topological polar surface area (TPSA) is 21.3 Å². The first-order chi connectivity index (χ1) is 8.19. The van der Waals surface area contributed by atoms with Crippen molar-refractivity contribution < 1.29 is 4.74 Å². The van der Waals surface area contributed by atoms with Gasteiger partial charge >= 0.3 is 0 Å². The van der Waals surface area contributed by atoms with Gasteiger partial charge in [0.25, 0.3) is 0 Å². The van der Waals surface area contributed by atoms with Crippen LogP contribution in [0, 0.1) is 0 Å². The second kappa shape index (κ2) is 5.54. The number of ether oxygens (including phenoxy) is 1. The van der Waals surface area contributed by atoms with Gasteiger partial charge in [-0.15, -0.1) is 0 Å². The molecule has 1 fully saturated rings. The lowest BCUT2D eigenvalue weighted by atomic mass is 9.97. The fourth-order valence-corrected chi connectivity index (χ4v) is 2.64. The smallest absolute Gasteiger partial charge is 0.119 e. The molecular formula is C15H23NO. The summed E-state index contributed by atoms with van der Waals surface area (Å²) in [5, 5.41) is 3.38. The van der Waals surface area contributed by atoms with Crippen LogP contribution in [0.25, 0.3) is 0 Å². The van der Waals surface area contributed by atoms with Gasteiger partial charge in [-0.25, -0.2) is 0 Å². The lowest BCUT2D eigenvalue weighted by molar-refractivity contribution is 0.242. The Hall–Kier alpha value is -1.02. The van der Waals surface area contributed by atoms with Crippen molar-refractivity contribution in [2.24, 2.45) is 0 Å². The minimum absolute atomic E-state index is 0.251. The zero-order valence-corrected chi connectivity index (χ0v) is 11.1. The van der Waals surface area contributed by atoms with Crippen molar-refractivity contribution in [2.75, 3.05) is 7.05 Å². The predicted molar refractivity (Wildman–Crippen MR) is 71.6 cm³/mol. The van der Waals surface area contributed by atoms with E-state index >= 15 is 0 Å². The zero-order chi connectivity index (χ0) is 12.3. The van der Waals surface area contributed by atoms with Gasteiger partial charge in [-0.2, -0.15) is 0 Å². The Morgan fingerprint density at radius 1 is 1.18 bits per heavy atom. The van der Waals surface area contributed by atoms with Gasteiger partial charge in [0.1, 0.15) is 5.75 Å². The van der Waals surface area contributed by atoms with Gasteiger partial charge in [0, 0.05) is 6.04 Å². The molecule has 1 N–H and O–H groups in total. The Balaban J connectivity index is 1.98. The van der Waals surface area contributed by atoms with Crippen LogP contribution in [0.4, 0.5) is 0 Å². The Morgan fingerprint density at radius 2 is 1.88 bits per heavy atom. The molecule has 2 atom stereocenters. The van der Waals surface area contributed by atoms with E-state index < -0.39 is 0 Å². The fourth-order valence-electron chi connectivity index (χ4n) is 2.64. The number of hydrogen-bond acceptors (Lipinski definition) is 2. The SMILES string of the molecule is CNC1CCC(c2ccc(OC(C)C)cc2)C1. The van der Waals surface area contributed by atoms with Gasteiger partial charge in [0.15, 0.2) is 0 Å². The van der Waals surface area contributed by atoms with E-state index in [1.54, 1.807) is 0 Å². The molecule has 1 saturated carbocycles. The maximum atomic E-state index is 5.66. The molecule has 1 aliphatic rings. The molecule has 94 valence electrons. The largest absolute Gasteiger partial charge is 0.491 e. The van der Waals surface area contributed by atoms with Crippen molar-refractivity contribution in [1.82, 2.24) is 5.32 Å². The van der Waals surface area contributed by atoms with E-state index in [1.807, 2.05) is 0 Å². The molecule has 2 rings (SSSR count). The van der Waals surface area contributed by atoms with E-state index in [9.17, 15) is 0 Å². The molecule has 0 saturated heterocycles. The summed E-state index contributed by atoms with van der Waals surface area (Å²) in [5.74, 6) is 1.70. The van der Waals surface area contributed by atoms with Crippen LogP contribution < -0.4 is 10.1 Å². The van der Waals surface area contributed by atoms with Crippen LogP contribution >= 0.6 is 0 Å². The van der Waals surface area contributed by atoms with Crippen molar-refractivity contribution in [1.29, 1.82) is 0 Å². The number of benzene rings is 1. The summed E-state index contributed by atoms with van der Waals surface area (Å²) >= 11 is 0. The van der Waals surface area contributed by atoms with Crippen molar-refractivity contribution in [3.8, 4) is 5.75 Å². The maximum absolute atomic E-state index is 5.66.